The van der Waals surface area contributed by atoms with Gasteiger partial charge in [-0.05, 0) is 36.5 Å². The molecule has 1 aliphatic carbocycles. The van der Waals surface area contributed by atoms with Crippen molar-refractivity contribution in [3.63, 3.8) is 0 Å². The summed E-state index contributed by atoms with van der Waals surface area (Å²) in [6.07, 6.45) is -8.91. The van der Waals surface area contributed by atoms with Gasteiger partial charge in [-0.25, -0.2) is 0 Å². The summed E-state index contributed by atoms with van der Waals surface area (Å²) in [6.45, 7) is 0. The van der Waals surface area contributed by atoms with Crippen LogP contribution < -0.4 is 5.73 Å². The van der Waals surface area contributed by atoms with E-state index in [9.17, 15) is 31.4 Å². The van der Waals surface area contributed by atoms with Gasteiger partial charge in [0.1, 0.15) is 0 Å². The third kappa shape index (κ3) is 4.30. The molecule has 3 N–H and O–H groups in total. The number of halogens is 7. The Hall–Kier alpha value is -0.990. The van der Waals surface area contributed by atoms with E-state index in [0.29, 0.717) is 25.0 Å². The summed E-state index contributed by atoms with van der Waals surface area (Å²) in [5.74, 6) is -0.210. The number of rotatable bonds is 3. The molecule has 23 heavy (non-hydrogen) atoms. The lowest BCUT2D eigenvalue weighted by molar-refractivity contribution is -0.143. The molecule has 0 saturated heterocycles. The fourth-order valence-electron chi connectivity index (χ4n) is 2.53. The van der Waals surface area contributed by atoms with Crippen molar-refractivity contribution in [3.05, 3.63) is 34.9 Å². The van der Waals surface area contributed by atoms with Gasteiger partial charge in [-0.2, -0.15) is 26.3 Å². The van der Waals surface area contributed by atoms with Crippen LogP contribution in [0.1, 0.15) is 42.0 Å². The smallest absolute Gasteiger partial charge is 0.391 e. The summed E-state index contributed by atoms with van der Waals surface area (Å²) in [7, 11) is 0. The molecule has 0 aromatic heterocycles. The number of aliphatic hydroxyl groups is 1. The molecule has 1 fully saturated rings. The Morgan fingerprint density at radius 1 is 1.04 bits per heavy atom. The highest BCUT2D eigenvalue weighted by Crippen LogP contribution is 2.41. The van der Waals surface area contributed by atoms with Gasteiger partial charge in [-0.15, -0.1) is 12.4 Å². The first-order valence-corrected chi connectivity index (χ1v) is 6.74. The lowest BCUT2D eigenvalue weighted by Crippen LogP contribution is -2.37. The predicted molar refractivity (Wildman–Crippen MR) is 74.0 cm³/mol. The van der Waals surface area contributed by atoms with Crippen LogP contribution in [-0.2, 0) is 12.4 Å². The van der Waals surface area contributed by atoms with Crippen LogP contribution in [-0.4, -0.2) is 11.2 Å². The summed E-state index contributed by atoms with van der Waals surface area (Å²) >= 11 is 0. The summed E-state index contributed by atoms with van der Waals surface area (Å²) in [6, 6.07) is -0.0667. The fourth-order valence-corrected chi connectivity index (χ4v) is 2.53. The van der Waals surface area contributed by atoms with Crippen LogP contribution in [0.25, 0.3) is 0 Å². The van der Waals surface area contributed by atoms with E-state index in [0.717, 1.165) is 6.42 Å². The van der Waals surface area contributed by atoms with Crippen LogP contribution in [0.3, 0.4) is 0 Å². The highest BCUT2D eigenvalue weighted by Gasteiger charge is 2.41. The predicted octanol–water partition coefficient (Wildman–Crippen LogP) is 4.31. The van der Waals surface area contributed by atoms with Crippen molar-refractivity contribution < 1.29 is 31.4 Å². The Morgan fingerprint density at radius 3 is 2.00 bits per heavy atom. The van der Waals surface area contributed by atoms with Crippen LogP contribution in [0.2, 0.25) is 0 Å². The average molecular weight is 364 g/mol. The van der Waals surface area contributed by atoms with Gasteiger partial charge in [-0.3, -0.25) is 0 Å². The van der Waals surface area contributed by atoms with E-state index in [2.05, 4.69) is 0 Å². The average Bonchev–Trinajstić information content (AvgIpc) is 2.32. The standard InChI is InChI=1S/C14H15F6NO.ClH/c15-13(16,17)8-4-5-9(10(6-8)14(18,19)20)11(21)12(22)7-2-1-3-7;/h4-7,11-12,22H,1-3,21H2;1H/t11-,12+;/m0./s1. The van der Waals surface area contributed by atoms with E-state index in [1.165, 1.54) is 0 Å². The van der Waals surface area contributed by atoms with E-state index < -0.39 is 41.2 Å². The fraction of sp³-hybridized carbons (Fsp3) is 0.571. The molecule has 0 radical (unpaired) electrons. The van der Waals surface area contributed by atoms with Gasteiger partial charge >= 0.3 is 12.4 Å². The Labute approximate surface area is 135 Å². The van der Waals surface area contributed by atoms with Crippen molar-refractivity contribution in [3.8, 4) is 0 Å². The first-order valence-electron chi connectivity index (χ1n) is 6.74. The molecule has 1 aliphatic rings. The molecule has 0 heterocycles. The van der Waals surface area contributed by atoms with E-state index in [1.807, 2.05) is 0 Å². The molecule has 0 spiro atoms. The Kier molecular flexibility index (Phi) is 5.98. The molecule has 0 bridgehead atoms. The monoisotopic (exact) mass is 363 g/mol. The molecule has 1 aromatic carbocycles. The quantitative estimate of drug-likeness (QED) is 0.786. The number of alkyl halides is 6. The molecular formula is C14H16ClF6NO. The maximum Gasteiger partial charge on any atom is 0.416 e. The summed E-state index contributed by atoms with van der Waals surface area (Å²) in [5.41, 5.74) is 2.32. The van der Waals surface area contributed by atoms with E-state index in [-0.39, 0.29) is 24.4 Å². The van der Waals surface area contributed by atoms with Gasteiger partial charge in [0, 0.05) is 0 Å². The zero-order valence-electron chi connectivity index (χ0n) is 11.8. The van der Waals surface area contributed by atoms with Gasteiger partial charge in [0.2, 0.25) is 0 Å². The maximum atomic E-state index is 13.0. The van der Waals surface area contributed by atoms with Gasteiger partial charge in [0.05, 0.1) is 23.3 Å². The van der Waals surface area contributed by atoms with Crippen LogP contribution >= 0.6 is 12.4 Å². The van der Waals surface area contributed by atoms with E-state index in [4.69, 9.17) is 5.73 Å². The van der Waals surface area contributed by atoms with Crippen molar-refractivity contribution >= 4 is 12.4 Å². The van der Waals surface area contributed by atoms with Crippen LogP contribution in [0, 0.1) is 5.92 Å². The molecule has 2 atom stereocenters. The SMILES string of the molecule is Cl.N[C@@H](c1ccc(C(F)(F)F)cc1C(F)(F)F)[C@H](O)C1CCC1. The molecule has 0 aliphatic heterocycles. The van der Waals surface area contributed by atoms with Crippen molar-refractivity contribution in [2.75, 3.05) is 0 Å². The van der Waals surface area contributed by atoms with Crippen LogP contribution in [0.15, 0.2) is 18.2 Å². The minimum absolute atomic E-state index is 0. The zero-order chi connectivity index (χ0) is 16.7. The largest absolute Gasteiger partial charge is 0.416 e. The van der Waals surface area contributed by atoms with E-state index in [1.54, 1.807) is 0 Å². The summed E-state index contributed by atoms with van der Waals surface area (Å²) < 4.78 is 76.9. The maximum absolute atomic E-state index is 13.0. The van der Waals surface area contributed by atoms with Crippen molar-refractivity contribution in [1.82, 2.24) is 0 Å². The normalized spacial score (nSPS) is 18.8. The van der Waals surface area contributed by atoms with Gasteiger partial charge in [-0.1, -0.05) is 12.5 Å². The molecule has 9 heteroatoms. The third-order valence-corrected chi connectivity index (χ3v) is 4.05. The second kappa shape index (κ2) is 6.86. The lowest BCUT2D eigenvalue weighted by Gasteiger charge is -2.34. The van der Waals surface area contributed by atoms with Crippen molar-refractivity contribution in [2.24, 2.45) is 11.7 Å². The summed E-state index contributed by atoms with van der Waals surface area (Å²) in [4.78, 5) is 0. The first-order chi connectivity index (χ1) is 10.0. The minimum atomic E-state index is -4.98. The number of nitrogens with two attached hydrogens (primary N) is 1. The number of hydrogen-bond donors (Lipinski definition) is 2. The molecule has 1 saturated carbocycles. The number of benzene rings is 1. The Morgan fingerprint density at radius 2 is 1.61 bits per heavy atom. The summed E-state index contributed by atoms with van der Waals surface area (Å²) in [5, 5.41) is 10.00. The van der Waals surface area contributed by atoms with Crippen molar-refractivity contribution in [2.45, 2.75) is 43.8 Å². The second-order valence-electron chi connectivity index (χ2n) is 5.50. The highest BCUT2D eigenvalue weighted by molar-refractivity contribution is 5.85. The molecular weight excluding hydrogens is 348 g/mol. The number of aliphatic hydroxyl groups excluding tert-OH is 1. The minimum Gasteiger partial charge on any atom is -0.391 e. The van der Waals surface area contributed by atoms with Gasteiger partial charge in [0.25, 0.3) is 0 Å². The van der Waals surface area contributed by atoms with Gasteiger partial charge in [0.15, 0.2) is 0 Å². The zero-order valence-corrected chi connectivity index (χ0v) is 12.6. The van der Waals surface area contributed by atoms with Crippen molar-refractivity contribution in [1.29, 1.82) is 0 Å². The third-order valence-electron chi connectivity index (χ3n) is 4.05. The molecule has 0 amide bonds. The topological polar surface area (TPSA) is 46.2 Å². The first kappa shape index (κ1) is 20.1. The Bertz CT molecular complexity index is 541. The van der Waals surface area contributed by atoms with E-state index >= 15 is 0 Å². The molecule has 2 rings (SSSR count). The van der Waals surface area contributed by atoms with Crippen LogP contribution in [0.5, 0.6) is 0 Å². The molecule has 1 aromatic rings. The lowest BCUT2D eigenvalue weighted by atomic mass is 9.77. The molecule has 2 nitrogen and oxygen atoms in total. The van der Waals surface area contributed by atoms with Crippen LogP contribution in [0.4, 0.5) is 26.3 Å². The number of hydrogen-bond acceptors (Lipinski definition) is 2. The highest BCUT2D eigenvalue weighted by atomic mass is 35.5. The molecule has 0 unspecified atom stereocenters. The molecule has 132 valence electrons. The Balaban J connectivity index is 0.00000264. The second-order valence-corrected chi connectivity index (χ2v) is 5.50. The van der Waals surface area contributed by atoms with Gasteiger partial charge < -0.3 is 10.8 Å².